The SMILES string of the molecule is CCCCCCC(O)CCCCCCCCCCCO.OCCOCCO. The minimum atomic E-state index is -0.0506. The lowest BCUT2D eigenvalue weighted by Gasteiger charge is -2.10. The molecule has 27 heavy (non-hydrogen) atoms. The Morgan fingerprint density at radius 1 is 0.556 bits per heavy atom. The van der Waals surface area contributed by atoms with E-state index in [2.05, 4.69) is 11.7 Å². The zero-order valence-corrected chi connectivity index (χ0v) is 17.9. The average molecular weight is 393 g/mol. The van der Waals surface area contributed by atoms with Crippen molar-refractivity contribution in [3.63, 3.8) is 0 Å². The molecular formula is C22H48O5. The molecule has 0 spiro atoms. The van der Waals surface area contributed by atoms with Crippen LogP contribution in [0.5, 0.6) is 0 Å². The van der Waals surface area contributed by atoms with Gasteiger partial charge in [-0.3, -0.25) is 0 Å². The highest BCUT2D eigenvalue weighted by molar-refractivity contribution is 4.57. The molecule has 5 heteroatoms. The van der Waals surface area contributed by atoms with Crippen LogP contribution < -0.4 is 0 Å². The molecule has 0 aromatic rings. The summed E-state index contributed by atoms with van der Waals surface area (Å²) in [6.07, 6.45) is 18.2. The summed E-state index contributed by atoms with van der Waals surface area (Å²) < 4.78 is 4.63. The van der Waals surface area contributed by atoms with Crippen LogP contribution in [0.3, 0.4) is 0 Å². The van der Waals surface area contributed by atoms with E-state index in [9.17, 15) is 5.11 Å². The van der Waals surface area contributed by atoms with Crippen LogP contribution in [-0.4, -0.2) is 59.6 Å². The monoisotopic (exact) mass is 392 g/mol. The van der Waals surface area contributed by atoms with Crippen molar-refractivity contribution in [3.05, 3.63) is 0 Å². The Kier molecular flexibility index (Phi) is 30.1. The van der Waals surface area contributed by atoms with E-state index < -0.39 is 0 Å². The van der Waals surface area contributed by atoms with Crippen LogP contribution in [0.25, 0.3) is 0 Å². The fourth-order valence-corrected chi connectivity index (χ4v) is 2.91. The summed E-state index contributed by atoms with van der Waals surface area (Å²) in [6, 6.07) is 0. The summed E-state index contributed by atoms with van der Waals surface area (Å²) in [7, 11) is 0. The third-order valence-electron chi connectivity index (χ3n) is 4.56. The van der Waals surface area contributed by atoms with Gasteiger partial charge in [-0.1, -0.05) is 84.0 Å². The highest BCUT2D eigenvalue weighted by atomic mass is 16.5. The number of unbranched alkanes of at least 4 members (excludes halogenated alkanes) is 11. The van der Waals surface area contributed by atoms with Gasteiger partial charge in [-0.2, -0.15) is 0 Å². The summed E-state index contributed by atoms with van der Waals surface area (Å²) in [5.74, 6) is 0. The number of ether oxygens (including phenoxy) is 1. The van der Waals surface area contributed by atoms with Crippen LogP contribution in [0.1, 0.15) is 103 Å². The summed E-state index contributed by atoms with van der Waals surface area (Å²) >= 11 is 0. The normalized spacial score (nSPS) is 11.9. The Morgan fingerprint density at radius 2 is 0.963 bits per heavy atom. The van der Waals surface area contributed by atoms with Crippen LogP contribution in [0.15, 0.2) is 0 Å². The summed E-state index contributed by atoms with van der Waals surface area (Å²) in [6.45, 7) is 3.27. The third kappa shape index (κ3) is 30.8. The van der Waals surface area contributed by atoms with Gasteiger partial charge in [0, 0.05) is 6.61 Å². The van der Waals surface area contributed by atoms with Crippen molar-refractivity contribution < 1.29 is 25.2 Å². The summed E-state index contributed by atoms with van der Waals surface area (Å²) in [4.78, 5) is 0. The van der Waals surface area contributed by atoms with E-state index in [1.807, 2.05) is 0 Å². The molecule has 0 aliphatic carbocycles. The Morgan fingerprint density at radius 3 is 1.37 bits per heavy atom. The van der Waals surface area contributed by atoms with Gasteiger partial charge in [-0.05, 0) is 19.3 Å². The van der Waals surface area contributed by atoms with Gasteiger partial charge in [0.25, 0.3) is 0 Å². The molecule has 1 atom stereocenters. The minimum absolute atomic E-state index is 0.0278. The molecule has 0 aromatic carbocycles. The molecule has 0 aliphatic heterocycles. The maximum absolute atomic E-state index is 9.85. The van der Waals surface area contributed by atoms with E-state index >= 15 is 0 Å². The van der Waals surface area contributed by atoms with E-state index in [1.54, 1.807) is 0 Å². The molecule has 0 heterocycles. The van der Waals surface area contributed by atoms with E-state index in [-0.39, 0.29) is 19.3 Å². The third-order valence-corrected chi connectivity index (χ3v) is 4.56. The second-order valence-electron chi connectivity index (χ2n) is 7.26. The maximum atomic E-state index is 9.85. The largest absolute Gasteiger partial charge is 0.396 e. The van der Waals surface area contributed by atoms with E-state index in [1.165, 1.54) is 77.0 Å². The molecule has 0 aliphatic rings. The number of hydrogen-bond donors (Lipinski definition) is 4. The number of hydrogen-bond acceptors (Lipinski definition) is 5. The zero-order valence-electron chi connectivity index (χ0n) is 17.9. The quantitative estimate of drug-likeness (QED) is 0.233. The van der Waals surface area contributed by atoms with Gasteiger partial charge in [-0.15, -0.1) is 0 Å². The van der Waals surface area contributed by atoms with Crippen LogP contribution in [-0.2, 0) is 4.74 Å². The maximum Gasteiger partial charge on any atom is 0.0698 e. The van der Waals surface area contributed by atoms with Gasteiger partial charge in [-0.25, -0.2) is 0 Å². The topological polar surface area (TPSA) is 90.2 Å². The number of aliphatic hydroxyl groups is 4. The smallest absolute Gasteiger partial charge is 0.0698 e. The van der Waals surface area contributed by atoms with Gasteiger partial charge in [0.15, 0.2) is 0 Å². The zero-order chi connectivity index (χ0) is 20.4. The van der Waals surface area contributed by atoms with Gasteiger partial charge in [0.1, 0.15) is 0 Å². The molecule has 0 bridgehead atoms. The lowest BCUT2D eigenvalue weighted by molar-refractivity contribution is 0.0650. The Hall–Kier alpha value is -0.200. The minimum Gasteiger partial charge on any atom is -0.396 e. The standard InChI is InChI=1S/C18H38O2.C4H10O3/c1-2-3-4-12-15-18(20)16-13-10-8-6-5-7-9-11-14-17-19;5-1-3-7-4-2-6/h18-20H,2-17H2,1H3;5-6H,1-4H2. The number of rotatable bonds is 20. The number of aliphatic hydroxyl groups excluding tert-OH is 4. The van der Waals surface area contributed by atoms with Gasteiger partial charge in [0.05, 0.1) is 32.5 Å². The van der Waals surface area contributed by atoms with Gasteiger partial charge < -0.3 is 25.2 Å². The first kappa shape index (κ1) is 29.0. The van der Waals surface area contributed by atoms with Crippen LogP contribution in [0.2, 0.25) is 0 Å². The van der Waals surface area contributed by atoms with E-state index in [4.69, 9.17) is 15.3 Å². The first-order valence-corrected chi connectivity index (χ1v) is 11.3. The molecule has 0 fully saturated rings. The molecule has 4 N–H and O–H groups in total. The summed E-state index contributed by atoms with van der Waals surface area (Å²) in [5.41, 5.74) is 0. The highest BCUT2D eigenvalue weighted by Crippen LogP contribution is 2.14. The van der Waals surface area contributed by atoms with E-state index in [0.29, 0.717) is 19.8 Å². The fraction of sp³-hybridized carbons (Fsp3) is 1.00. The first-order chi connectivity index (χ1) is 13.2. The van der Waals surface area contributed by atoms with Gasteiger partial charge >= 0.3 is 0 Å². The van der Waals surface area contributed by atoms with Crippen LogP contribution >= 0.6 is 0 Å². The molecule has 0 saturated carbocycles. The predicted octanol–water partition coefficient (Wildman–Crippen LogP) is 4.20. The van der Waals surface area contributed by atoms with Crippen molar-refractivity contribution >= 4 is 0 Å². The molecule has 0 saturated heterocycles. The van der Waals surface area contributed by atoms with Crippen molar-refractivity contribution in [2.24, 2.45) is 0 Å². The molecule has 1 unspecified atom stereocenters. The second kappa shape index (κ2) is 28.0. The van der Waals surface area contributed by atoms with Crippen molar-refractivity contribution in [2.45, 2.75) is 109 Å². The Labute approximate surface area is 168 Å². The molecule has 0 amide bonds. The molecule has 166 valence electrons. The average Bonchev–Trinajstić information content (AvgIpc) is 2.68. The summed E-state index contributed by atoms with van der Waals surface area (Å²) in [5, 5.41) is 34.7. The van der Waals surface area contributed by atoms with Gasteiger partial charge in [0.2, 0.25) is 0 Å². The van der Waals surface area contributed by atoms with Crippen molar-refractivity contribution in [3.8, 4) is 0 Å². The highest BCUT2D eigenvalue weighted by Gasteiger charge is 2.03. The lowest BCUT2D eigenvalue weighted by Crippen LogP contribution is -2.05. The van der Waals surface area contributed by atoms with Crippen LogP contribution in [0, 0.1) is 0 Å². The van der Waals surface area contributed by atoms with Crippen molar-refractivity contribution in [1.29, 1.82) is 0 Å². The predicted molar refractivity (Wildman–Crippen MR) is 113 cm³/mol. The first-order valence-electron chi connectivity index (χ1n) is 11.3. The fourth-order valence-electron chi connectivity index (χ4n) is 2.91. The molecule has 0 aromatic heterocycles. The van der Waals surface area contributed by atoms with Crippen molar-refractivity contribution in [1.82, 2.24) is 0 Å². The second-order valence-corrected chi connectivity index (χ2v) is 7.26. The molecular weight excluding hydrogens is 344 g/mol. The lowest BCUT2D eigenvalue weighted by atomic mass is 10.0. The molecule has 5 nitrogen and oxygen atoms in total. The Bertz CT molecular complexity index is 235. The van der Waals surface area contributed by atoms with Crippen LogP contribution in [0.4, 0.5) is 0 Å². The molecule has 0 radical (unpaired) electrons. The molecule has 0 rings (SSSR count). The van der Waals surface area contributed by atoms with Crippen molar-refractivity contribution in [2.75, 3.05) is 33.0 Å². The Balaban J connectivity index is 0. The van der Waals surface area contributed by atoms with E-state index in [0.717, 1.165) is 19.3 Å².